The van der Waals surface area contributed by atoms with Crippen molar-refractivity contribution in [3.05, 3.63) is 29.6 Å². The molecule has 0 unspecified atom stereocenters. The average molecular weight is 261 g/mol. The molecule has 6 heteroatoms. The fraction of sp³-hybridized carbons (Fsp3) is 0.308. The molecule has 0 spiro atoms. The van der Waals surface area contributed by atoms with Gasteiger partial charge in [-0.15, -0.1) is 6.42 Å². The SMILES string of the molecule is C#CC(C)(C)NC(=O)NCc1ccc(C(=O)O)nc1. The molecule has 1 aromatic heterocycles. The van der Waals surface area contributed by atoms with Gasteiger partial charge in [-0.05, 0) is 25.5 Å². The summed E-state index contributed by atoms with van der Waals surface area (Å²) in [4.78, 5) is 25.9. The number of pyridine rings is 1. The second-order valence-electron chi connectivity index (χ2n) is 4.43. The van der Waals surface area contributed by atoms with Crippen molar-refractivity contribution in [1.82, 2.24) is 15.6 Å². The van der Waals surface area contributed by atoms with Crippen molar-refractivity contribution >= 4 is 12.0 Å². The van der Waals surface area contributed by atoms with Gasteiger partial charge in [0.25, 0.3) is 0 Å². The van der Waals surface area contributed by atoms with Gasteiger partial charge in [0.1, 0.15) is 5.69 Å². The van der Waals surface area contributed by atoms with Crippen molar-refractivity contribution < 1.29 is 14.7 Å². The van der Waals surface area contributed by atoms with Gasteiger partial charge in [-0.2, -0.15) is 0 Å². The zero-order chi connectivity index (χ0) is 14.5. The van der Waals surface area contributed by atoms with Gasteiger partial charge in [0.05, 0.1) is 5.54 Å². The molecule has 1 rings (SSSR count). The molecule has 2 amide bonds. The van der Waals surface area contributed by atoms with Crippen LogP contribution in [0.1, 0.15) is 29.9 Å². The molecule has 1 aromatic rings. The van der Waals surface area contributed by atoms with E-state index in [-0.39, 0.29) is 12.2 Å². The molecule has 3 N–H and O–H groups in total. The molecule has 0 aliphatic heterocycles. The summed E-state index contributed by atoms with van der Waals surface area (Å²) in [6, 6.07) is 2.57. The Balaban J connectivity index is 2.51. The second-order valence-corrected chi connectivity index (χ2v) is 4.43. The van der Waals surface area contributed by atoms with Gasteiger partial charge in [-0.3, -0.25) is 0 Å². The van der Waals surface area contributed by atoms with Crippen LogP contribution in [0.3, 0.4) is 0 Å². The van der Waals surface area contributed by atoms with Crippen LogP contribution in [-0.4, -0.2) is 27.6 Å². The third-order valence-electron chi connectivity index (χ3n) is 2.28. The van der Waals surface area contributed by atoms with E-state index in [0.29, 0.717) is 5.56 Å². The van der Waals surface area contributed by atoms with Crippen molar-refractivity contribution in [2.24, 2.45) is 0 Å². The Morgan fingerprint density at radius 1 is 1.47 bits per heavy atom. The van der Waals surface area contributed by atoms with Crippen LogP contribution in [0, 0.1) is 12.3 Å². The van der Waals surface area contributed by atoms with Gasteiger partial charge < -0.3 is 15.7 Å². The highest BCUT2D eigenvalue weighted by Crippen LogP contribution is 2.01. The van der Waals surface area contributed by atoms with Crippen LogP contribution >= 0.6 is 0 Å². The Hall–Kier alpha value is -2.55. The van der Waals surface area contributed by atoms with Crippen LogP contribution in [0.2, 0.25) is 0 Å². The molecule has 6 nitrogen and oxygen atoms in total. The maximum atomic E-state index is 11.5. The van der Waals surface area contributed by atoms with Crippen molar-refractivity contribution in [3.63, 3.8) is 0 Å². The number of hydrogen-bond donors (Lipinski definition) is 3. The summed E-state index contributed by atoms with van der Waals surface area (Å²) >= 11 is 0. The van der Waals surface area contributed by atoms with E-state index < -0.39 is 17.5 Å². The average Bonchev–Trinajstić information content (AvgIpc) is 2.36. The van der Waals surface area contributed by atoms with Crippen LogP contribution < -0.4 is 10.6 Å². The lowest BCUT2D eigenvalue weighted by Gasteiger charge is -2.19. The zero-order valence-electron chi connectivity index (χ0n) is 10.7. The Morgan fingerprint density at radius 3 is 2.63 bits per heavy atom. The molecule has 19 heavy (non-hydrogen) atoms. The molecule has 0 bridgehead atoms. The molecule has 0 fully saturated rings. The number of nitrogens with zero attached hydrogens (tertiary/aromatic N) is 1. The van der Waals surface area contributed by atoms with E-state index in [1.54, 1.807) is 19.9 Å². The predicted octanol–water partition coefficient (Wildman–Crippen LogP) is 0.991. The van der Waals surface area contributed by atoms with Crippen LogP contribution in [0.4, 0.5) is 4.79 Å². The van der Waals surface area contributed by atoms with Crippen LogP contribution in [-0.2, 0) is 6.54 Å². The van der Waals surface area contributed by atoms with Crippen molar-refractivity contribution in [2.75, 3.05) is 0 Å². The molecule has 0 aliphatic rings. The van der Waals surface area contributed by atoms with E-state index >= 15 is 0 Å². The monoisotopic (exact) mass is 261 g/mol. The molecular weight excluding hydrogens is 246 g/mol. The summed E-state index contributed by atoms with van der Waals surface area (Å²) in [6.07, 6.45) is 6.65. The van der Waals surface area contributed by atoms with Gasteiger partial charge in [-0.25, -0.2) is 14.6 Å². The third-order valence-corrected chi connectivity index (χ3v) is 2.28. The lowest BCUT2D eigenvalue weighted by Crippen LogP contribution is -2.47. The highest BCUT2D eigenvalue weighted by molar-refractivity contribution is 5.85. The van der Waals surface area contributed by atoms with Crippen molar-refractivity contribution in [3.8, 4) is 12.3 Å². The maximum Gasteiger partial charge on any atom is 0.354 e. The largest absolute Gasteiger partial charge is 0.477 e. The number of carbonyl (C=O) groups excluding carboxylic acids is 1. The fourth-order valence-electron chi connectivity index (χ4n) is 1.20. The summed E-state index contributed by atoms with van der Waals surface area (Å²) in [6.45, 7) is 3.64. The number of rotatable bonds is 4. The lowest BCUT2D eigenvalue weighted by atomic mass is 10.1. The van der Waals surface area contributed by atoms with Crippen molar-refractivity contribution in [2.45, 2.75) is 25.9 Å². The van der Waals surface area contributed by atoms with E-state index in [2.05, 4.69) is 21.5 Å². The highest BCUT2D eigenvalue weighted by Gasteiger charge is 2.16. The number of hydrogen-bond acceptors (Lipinski definition) is 3. The summed E-state index contributed by atoms with van der Waals surface area (Å²) in [5.41, 5.74) is -0.0736. The molecule has 0 saturated carbocycles. The minimum Gasteiger partial charge on any atom is -0.477 e. The number of carboxylic acid groups (broad SMARTS) is 1. The Labute approximate surface area is 111 Å². The first-order chi connectivity index (χ1) is 8.84. The molecule has 100 valence electrons. The number of aromatic carboxylic acids is 1. The summed E-state index contributed by atoms with van der Waals surface area (Å²) in [5.74, 6) is 1.35. The van der Waals surface area contributed by atoms with E-state index in [0.717, 1.165) is 0 Å². The second kappa shape index (κ2) is 5.87. The van der Waals surface area contributed by atoms with E-state index in [1.165, 1.54) is 12.3 Å². The number of nitrogens with one attached hydrogen (secondary N) is 2. The maximum absolute atomic E-state index is 11.5. The minimum absolute atomic E-state index is 0.0401. The van der Waals surface area contributed by atoms with E-state index in [4.69, 9.17) is 11.5 Å². The first kappa shape index (κ1) is 14.5. The summed E-state index contributed by atoms with van der Waals surface area (Å²) in [5, 5.41) is 13.9. The number of carboxylic acids is 1. The van der Waals surface area contributed by atoms with E-state index in [9.17, 15) is 9.59 Å². The first-order valence-electron chi connectivity index (χ1n) is 5.56. The third kappa shape index (κ3) is 4.68. The first-order valence-corrected chi connectivity index (χ1v) is 5.56. The molecule has 0 saturated heterocycles. The Morgan fingerprint density at radius 2 is 2.16 bits per heavy atom. The van der Waals surface area contributed by atoms with Crippen LogP contribution in [0.25, 0.3) is 0 Å². The zero-order valence-corrected chi connectivity index (χ0v) is 10.7. The Bertz CT molecular complexity index is 515. The number of terminal acetylenes is 1. The molecular formula is C13H15N3O3. The van der Waals surface area contributed by atoms with Gasteiger partial charge in [0, 0.05) is 12.7 Å². The lowest BCUT2D eigenvalue weighted by molar-refractivity contribution is 0.0690. The number of amides is 2. The minimum atomic E-state index is -1.09. The summed E-state index contributed by atoms with van der Waals surface area (Å²) < 4.78 is 0. The summed E-state index contributed by atoms with van der Waals surface area (Å²) in [7, 11) is 0. The van der Waals surface area contributed by atoms with E-state index in [1.807, 2.05) is 0 Å². The van der Waals surface area contributed by atoms with Crippen LogP contribution in [0.5, 0.6) is 0 Å². The fourth-order valence-corrected chi connectivity index (χ4v) is 1.20. The number of aromatic nitrogens is 1. The standard InChI is InChI=1S/C13H15N3O3/c1-4-13(2,3)16-12(19)15-8-9-5-6-10(11(17)18)14-7-9/h1,5-7H,8H2,2-3H3,(H,17,18)(H2,15,16,19). The topological polar surface area (TPSA) is 91.3 Å². The number of carbonyl (C=O) groups is 2. The van der Waals surface area contributed by atoms with Gasteiger partial charge >= 0.3 is 12.0 Å². The quantitative estimate of drug-likeness (QED) is 0.705. The molecule has 0 aromatic carbocycles. The normalized spacial score (nSPS) is 10.4. The highest BCUT2D eigenvalue weighted by atomic mass is 16.4. The molecule has 0 atom stereocenters. The van der Waals surface area contributed by atoms with Gasteiger partial charge in [0.15, 0.2) is 0 Å². The smallest absolute Gasteiger partial charge is 0.354 e. The van der Waals surface area contributed by atoms with Gasteiger partial charge in [-0.1, -0.05) is 12.0 Å². The van der Waals surface area contributed by atoms with Crippen LogP contribution in [0.15, 0.2) is 18.3 Å². The predicted molar refractivity (Wildman–Crippen MR) is 69.5 cm³/mol. The molecule has 0 aliphatic carbocycles. The molecule has 1 heterocycles. The Kier molecular flexibility index (Phi) is 4.48. The molecule has 0 radical (unpaired) electrons. The van der Waals surface area contributed by atoms with Gasteiger partial charge in [0.2, 0.25) is 0 Å². The van der Waals surface area contributed by atoms with Crippen molar-refractivity contribution in [1.29, 1.82) is 0 Å². The number of urea groups is 1.